The van der Waals surface area contributed by atoms with Gasteiger partial charge >= 0.3 is 6.03 Å². The monoisotopic (exact) mass is 445 g/mol. The van der Waals surface area contributed by atoms with Crippen LogP contribution in [0.25, 0.3) is 0 Å². The van der Waals surface area contributed by atoms with Crippen molar-refractivity contribution in [2.24, 2.45) is 0 Å². The number of para-hydroxylation sites is 1. The lowest BCUT2D eigenvalue weighted by atomic mass is 9.93. The van der Waals surface area contributed by atoms with Crippen LogP contribution in [0.15, 0.2) is 54.6 Å². The van der Waals surface area contributed by atoms with E-state index in [1.165, 1.54) is 0 Å². The maximum Gasteiger partial charge on any atom is 0.325 e. The van der Waals surface area contributed by atoms with E-state index in [4.69, 9.17) is 5.73 Å². The van der Waals surface area contributed by atoms with Gasteiger partial charge in [0.2, 0.25) is 11.9 Å². The van der Waals surface area contributed by atoms with Crippen LogP contribution in [0, 0.1) is 0 Å². The van der Waals surface area contributed by atoms with E-state index in [0.717, 1.165) is 28.1 Å². The number of urea groups is 1. The Kier molecular flexibility index (Phi) is 6.21. The van der Waals surface area contributed by atoms with Crippen molar-refractivity contribution in [3.05, 3.63) is 71.5 Å². The largest absolute Gasteiger partial charge is 0.368 e. The summed E-state index contributed by atoms with van der Waals surface area (Å²) in [4.78, 5) is 39.6. The van der Waals surface area contributed by atoms with Crippen LogP contribution >= 0.6 is 0 Å². The minimum absolute atomic E-state index is 0.00960. The molecule has 1 aliphatic heterocycles. The van der Waals surface area contributed by atoms with Crippen molar-refractivity contribution in [2.45, 2.75) is 45.2 Å². The summed E-state index contributed by atoms with van der Waals surface area (Å²) < 4.78 is 0. The number of amides is 3. The zero-order chi connectivity index (χ0) is 23.4. The third-order valence-corrected chi connectivity index (χ3v) is 5.74. The molecule has 2 aromatic carbocycles. The fourth-order valence-corrected chi connectivity index (χ4v) is 3.88. The number of carbonyl (C=O) groups is 2. The Hall–Kier alpha value is -4.01. The van der Waals surface area contributed by atoms with Gasteiger partial charge in [-0.05, 0) is 43.4 Å². The molecule has 0 radical (unpaired) electrons. The normalized spacial score (nSPS) is 17.8. The molecule has 3 amide bonds. The lowest BCUT2D eigenvalue weighted by Gasteiger charge is -2.21. The van der Waals surface area contributed by atoms with E-state index in [2.05, 4.69) is 32.5 Å². The van der Waals surface area contributed by atoms with Gasteiger partial charge in [-0.25, -0.2) is 4.79 Å². The summed E-state index contributed by atoms with van der Waals surface area (Å²) in [6.45, 7) is 3.70. The quantitative estimate of drug-likeness (QED) is 0.455. The zero-order valence-corrected chi connectivity index (χ0v) is 18.7. The van der Waals surface area contributed by atoms with Gasteiger partial charge in [0.05, 0.1) is 6.54 Å². The molecule has 0 saturated carbocycles. The molecule has 2 heterocycles. The average Bonchev–Trinajstić information content (AvgIpc) is 3.02. The maximum atomic E-state index is 13.1. The summed E-state index contributed by atoms with van der Waals surface area (Å²) in [6.07, 6.45) is 1.99. The lowest BCUT2D eigenvalue weighted by Crippen LogP contribution is -2.44. The molecule has 0 spiro atoms. The van der Waals surface area contributed by atoms with Crippen LogP contribution < -0.4 is 16.4 Å². The number of anilines is 3. The average molecular weight is 446 g/mol. The number of rotatable bonds is 8. The summed E-state index contributed by atoms with van der Waals surface area (Å²) in [7, 11) is 0. The topological polar surface area (TPSA) is 126 Å². The van der Waals surface area contributed by atoms with Crippen molar-refractivity contribution in [3.8, 4) is 0 Å². The molecule has 0 aliphatic carbocycles. The van der Waals surface area contributed by atoms with Crippen molar-refractivity contribution in [2.75, 3.05) is 11.1 Å². The van der Waals surface area contributed by atoms with Crippen LogP contribution in [0.4, 0.5) is 22.4 Å². The number of nitrogens with one attached hydrogen (secondary N) is 2. The first kappa shape index (κ1) is 22.2. The third-order valence-electron chi connectivity index (χ3n) is 5.74. The third kappa shape index (κ3) is 4.92. The van der Waals surface area contributed by atoms with E-state index in [9.17, 15) is 9.59 Å². The van der Waals surface area contributed by atoms with Crippen molar-refractivity contribution in [3.63, 3.8) is 0 Å². The maximum absolute atomic E-state index is 13.1. The van der Waals surface area contributed by atoms with E-state index in [0.29, 0.717) is 12.8 Å². The highest BCUT2D eigenvalue weighted by molar-refractivity contribution is 6.06. The Morgan fingerprint density at radius 1 is 1.03 bits per heavy atom. The van der Waals surface area contributed by atoms with E-state index < -0.39 is 11.6 Å². The predicted octanol–water partition coefficient (Wildman–Crippen LogP) is 3.20. The number of hydrogen-bond acceptors (Lipinski definition) is 7. The Labute approximate surface area is 192 Å². The first-order valence-electron chi connectivity index (χ1n) is 10.9. The van der Waals surface area contributed by atoms with Gasteiger partial charge in [-0.3, -0.25) is 9.69 Å². The molecular formula is C24H27N7O2. The van der Waals surface area contributed by atoms with E-state index >= 15 is 0 Å². The van der Waals surface area contributed by atoms with Gasteiger partial charge < -0.3 is 16.4 Å². The molecule has 1 aliphatic rings. The molecule has 4 rings (SSSR count). The van der Waals surface area contributed by atoms with E-state index in [1.807, 2.05) is 54.6 Å². The van der Waals surface area contributed by atoms with Gasteiger partial charge in [-0.2, -0.15) is 15.0 Å². The van der Waals surface area contributed by atoms with Crippen LogP contribution in [0.2, 0.25) is 0 Å². The molecule has 170 valence electrons. The number of aromatic nitrogens is 3. The summed E-state index contributed by atoms with van der Waals surface area (Å²) in [5, 5.41) is 5.98. The molecule has 9 heteroatoms. The summed E-state index contributed by atoms with van der Waals surface area (Å²) in [6, 6.07) is 17.2. The molecule has 33 heavy (non-hydrogen) atoms. The van der Waals surface area contributed by atoms with Crippen LogP contribution in [0.1, 0.15) is 37.2 Å². The lowest BCUT2D eigenvalue weighted by molar-refractivity contribution is -0.131. The number of nitrogen functional groups attached to an aromatic ring is 1. The molecular weight excluding hydrogens is 418 g/mol. The minimum Gasteiger partial charge on any atom is -0.368 e. The smallest absolute Gasteiger partial charge is 0.325 e. The predicted molar refractivity (Wildman–Crippen MR) is 126 cm³/mol. The number of carbonyl (C=O) groups excluding carboxylic acids is 2. The van der Waals surface area contributed by atoms with Crippen LogP contribution in [0.5, 0.6) is 0 Å². The van der Waals surface area contributed by atoms with Gasteiger partial charge in [0.25, 0.3) is 5.91 Å². The Morgan fingerprint density at radius 2 is 1.76 bits per heavy atom. The molecule has 4 N–H and O–H groups in total. The number of hydrogen-bond donors (Lipinski definition) is 3. The van der Waals surface area contributed by atoms with Crippen LogP contribution in [-0.2, 0) is 24.2 Å². The van der Waals surface area contributed by atoms with Crippen LogP contribution in [-0.4, -0.2) is 37.3 Å². The van der Waals surface area contributed by atoms with Crippen molar-refractivity contribution < 1.29 is 9.59 Å². The van der Waals surface area contributed by atoms with Gasteiger partial charge in [-0.15, -0.1) is 0 Å². The molecule has 0 unspecified atom stereocenters. The second kappa shape index (κ2) is 9.23. The second-order valence-electron chi connectivity index (χ2n) is 8.21. The highest BCUT2D eigenvalue weighted by atomic mass is 16.2. The molecule has 1 fully saturated rings. The standard InChI is InChI=1S/C24H27N7O2/c1-3-17-11-7-8-12-18(17)26-22-28-19(27-21(25)29-22)15-31-20(32)24(2,30-23(31)33)14-13-16-9-5-4-6-10-16/h4-12H,3,13-15H2,1-2H3,(H,30,33)(H3,25,26,27,28,29)/t24-/m1/s1. The van der Waals surface area contributed by atoms with Gasteiger partial charge in [0.1, 0.15) is 5.54 Å². The van der Waals surface area contributed by atoms with Gasteiger partial charge in [0, 0.05) is 5.69 Å². The fourth-order valence-electron chi connectivity index (χ4n) is 3.88. The Morgan fingerprint density at radius 3 is 2.52 bits per heavy atom. The number of imide groups is 1. The number of nitrogens with zero attached hydrogens (tertiary/aromatic N) is 4. The first-order chi connectivity index (χ1) is 15.9. The zero-order valence-electron chi connectivity index (χ0n) is 18.7. The minimum atomic E-state index is -0.993. The second-order valence-corrected chi connectivity index (χ2v) is 8.21. The highest BCUT2D eigenvalue weighted by Gasteiger charge is 2.47. The van der Waals surface area contributed by atoms with Crippen molar-refractivity contribution >= 4 is 29.5 Å². The van der Waals surface area contributed by atoms with Crippen LogP contribution in [0.3, 0.4) is 0 Å². The molecule has 1 atom stereocenters. The molecule has 1 aromatic heterocycles. The molecule has 1 saturated heterocycles. The van der Waals surface area contributed by atoms with Crippen molar-refractivity contribution in [1.82, 2.24) is 25.2 Å². The SMILES string of the molecule is CCc1ccccc1Nc1nc(N)nc(CN2C(=O)N[C@](C)(CCc3ccccc3)C2=O)n1. The van der Waals surface area contributed by atoms with Gasteiger partial charge in [0.15, 0.2) is 5.82 Å². The Balaban J connectivity index is 1.49. The fraction of sp³-hybridized carbons (Fsp3) is 0.292. The first-order valence-corrected chi connectivity index (χ1v) is 10.9. The number of benzene rings is 2. The van der Waals surface area contributed by atoms with E-state index in [-0.39, 0.29) is 30.2 Å². The van der Waals surface area contributed by atoms with Gasteiger partial charge in [-0.1, -0.05) is 55.5 Å². The summed E-state index contributed by atoms with van der Waals surface area (Å²) in [5.41, 5.74) is 7.96. The molecule has 9 nitrogen and oxygen atoms in total. The molecule has 0 bridgehead atoms. The number of nitrogens with two attached hydrogens (primary N) is 1. The Bertz CT molecular complexity index is 1170. The summed E-state index contributed by atoms with van der Waals surface area (Å²) in [5.74, 6) is 0.190. The highest BCUT2D eigenvalue weighted by Crippen LogP contribution is 2.25. The van der Waals surface area contributed by atoms with E-state index in [1.54, 1.807) is 6.92 Å². The number of aryl methyl sites for hydroxylation is 2. The summed E-state index contributed by atoms with van der Waals surface area (Å²) >= 11 is 0. The molecule has 3 aromatic rings. The van der Waals surface area contributed by atoms with Crippen molar-refractivity contribution in [1.29, 1.82) is 0 Å².